The maximum Gasteiger partial charge on any atom is 0.224 e. The highest BCUT2D eigenvalue weighted by atomic mass is 16.5. The van der Waals surface area contributed by atoms with Crippen LogP contribution < -0.4 is 4.90 Å². The van der Waals surface area contributed by atoms with Crippen LogP contribution in [-0.4, -0.2) is 23.5 Å². The third kappa shape index (κ3) is 1.79. The quantitative estimate of drug-likeness (QED) is 0.787. The van der Waals surface area contributed by atoms with Gasteiger partial charge in [0.15, 0.2) is 5.76 Å². The van der Waals surface area contributed by atoms with Crippen molar-refractivity contribution in [3.05, 3.63) is 76.4 Å². The molecule has 1 aromatic rings. The molecule has 4 aliphatic rings. The summed E-state index contributed by atoms with van der Waals surface area (Å²) in [4.78, 5) is 14.1. The van der Waals surface area contributed by atoms with E-state index in [4.69, 9.17) is 4.74 Å². The van der Waals surface area contributed by atoms with E-state index in [1.54, 1.807) is 6.08 Å². The van der Waals surface area contributed by atoms with E-state index in [0.717, 1.165) is 24.1 Å². The number of allylic oxidation sites excluding steroid dienone is 3. The first-order valence-electron chi connectivity index (χ1n) is 8.64. The van der Waals surface area contributed by atoms with Gasteiger partial charge in [0.25, 0.3) is 0 Å². The van der Waals surface area contributed by atoms with Crippen LogP contribution in [0.2, 0.25) is 0 Å². The highest BCUT2D eigenvalue weighted by Crippen LogP contribution is 2.52. The lowest BCUT2D eigenvalue weighted by atomic mass is 9.79. The zero-order chi connectivity index (χ0) is 17.3. The van der Waals surface area contributed by atoms with Gasteiger partial charge in [0, 0.05) is 40.9 Å². The maximum absolute atomic E-state index is 11.7. The molecule has 0 fully saturated rings. The van der Waals surface area contributed by atoms with Gasteiger partial charge in [0.2, 0.25) is 11.5 Å². The molecule has 3 heterocycles. The second-order valence-corrected chi connectivity index (χ2v) is 7.47. The molecule has 4 heteroatoms. The minimum Gasteiger partial charge on any atom is -0.502 e. The molecule has 126 valence electrons. The molecule has 0 radical (unpaired) electrons. The normalized spacial score (nSPS) is 25.8. The smallest absolute Gasteiger partial charge is 0.224 e. The third-order valence-corrected chi connectivity index (χ3v) is 5.66. The fourth-order valence-corrected chi connectivity index (χ4v) is 4.53. The Morgan fingerprint density at radius 3 is 2.88 bits per heavy atom. The van der Waals surface area contributed by atoms with Crippen molar-refractivity contribution in [2.75, 3.05) is 11.4 Å². The predicted octanol–water partition coefficient (Wildman–Crippen LogP) is 3.68. The number of nitrogens with zero attached hydrogens (tertiary/aromatic N) is 1. The number of anilines is 1. The van der Waals surface area contributed by atoms with Crippen LogP contribution in [-0.2, 0) is 14.9 Å². The molecule has 5 rings (SSSR count). The largest absolute Gasteiger partial charge is 0.502 e. The molecular formula is C21H19NO3. The molecule has 0 spiro atoms. The summed E-state index contributed by atoms with van der Waals surface area (Å²) in [7, 11) is 0. The fraction of sp³-hybridized carbons (Fsp3) is 0.286. The van der Waals surface area contributed by atoms with Crippen LogP contribution in [0.25, 0.3) is 0 Å². The summed E-state index contributed by atoms with van der Waals surface area (Å²) in [6.07, 6.45) is 5.91. The van der Waals surface area contributed by atoms with Gasteiger partial charge in [-0.15, -0.1) is 0 Å². The molecule has 1 aliphatic carbocycles. The van der Waals surface area contributed by atoms with Crippen molar-refractivity contribution in [3.63, 3.8) is 0 Å². The molecule has 0 aromatic heterocycles. The average molecular weight is 333 g/mol. The van der Waals surface area contributed by atoms with Crippen LogP contribution in [0.3, 0.4) is 0 Å². The number of benzene rings is 1. The summed E-state index contributed by atoms with van der Waals surface area (Å²) in [6.45, 7) is 5.36. The minimum atomic E-state index is -0.394. The van der Waals surface area contributed by atoms with Gasteiger partial charge < -0.3 is 14.7 Å². The van der Waals surface area contributed by atoms with Gasteiger partial charge in [0.05, 0.1) is 0 Å². The summed E-state index contributed by atoms with van der Waals surface area (Å²) in [5.41, 5.74) is 5.67. The topological polar surface area (TPSA) is 49.8 Å². The molecule has 4 nitrogen and oxygen atoms in total. The summed E-state index contributed by atoms with van der Waals surface area (Å²) < 4.78 is 6.08. The fourth-order valence-electron chi connectivity index (χ4n) is 4.53. The number of rotatable bonds is 0. The lowest BCUT2D eigenvalue weighted by Crippen LogP contribution is -2.39. The number of aliphatic hydroxyl groups is 1. The van der Waals surface area contributed by atoms with Crippen molar-refractivity contribution < 1.29 is 14.6 Å². The number of aliphatic hydroxyl groups excluding tert-OH is 1. The highest BCUT2D eigenvalue weighted by molar-refractivity contribution is 6.05. The zero-order valence-corrected chi connectivity index (χ0v) is 14.2. The van der Waals surface area contributed by atoms with Crippen LogP contribution in [0.4, 0.5) is 5.69 Å². The SMILES string of the molecule is CC1(C)C2=C3C=C4C=CC(=O)C(O)=C4OC3CCN2c2ccccc21. The van der Waals surface area contributed by atoms with Crippen LogP contribution in [0.15, 0.2) is 70.9 Å². The second-order valence-electron chi connectivity index (χ2n) is 7.47. The lowest BCUT2D eigenvalue weighted by Gasteiger charge is -2.40. The molecule has 0 bridgehead atoms. The molecule has 1 unspecified atom stereocenters. The van der Waals surface area contributed by atoms with Crippen LogP contribution in [0.5, 0.6) is 0 Å². The first-order valence-corrected chi connectivity index (χ1v) is 8.64. The number of hydrogen-bond acceptors (Lipinski definition) is 4. The Bertz CT molecular complexity index is 946. The summed E-state index contributed by atoms with van der Waals surface area (Å²) in [5, 5.41) is 10.1. The highest BCUT2D eigenvalue weighted by Gasteiger charge is 2.46. The van der Waals surface area contributed by atoms with Crippen molar-refractivity contribution in [2.45, 2.75) is 31.8 Å². The van der Waals surface area contributed by atoms with E-state index in [1.807, 2.05) is 0 Å². The first kappa shape index (κ1) is 14.6. The number of carbonyl (C=O) groups is 1. The lowest BCUT2D eigenvalue weighted by molar-refractivity contribution is -0.114. The Morgan fingerprint density at radius 2 is 2.04 bits per heavy atom. The van der Waals surface area contributed by atoms with E-state index in [9.17, 15) is 9.90 Å². The van der Waals surface area contributed by atoms with Crippen molar-refractivity contribution in [1.82, 2.24) is 0 Å². The van der Waals surface area contributed by atoms with Crippen LogP contribution >= 0.6 is 0 Å². The van der Waals surface area contributed by atoms with Gasteiger partial charge in [-0.3, -0.25) is 4.79 Å². The average Bonchev–Trinajstić information content (AvgIpc) is 2.85. The molecule has 25 heavy (non-hydrogen) atoms. The Balaban J connectivity index is 1.74. The van der Waals surface area contributed by atoms with Crippen molar-refractivity contribution in [1.29, 1.82) is 0 Å². The van der Waals surface area contributed by atoms with Gasteiger partial charge in [-0.25, -0.2) is 0 Å². The van der Waals surface area contributed by atoms with Gasteiger partial charge in [-0.05, 0) is 29.9 Å². The number of carbonyl (C=O) groups excluding carboxylic acids is 1. The van der Waals surface area contributed by atoms with Crippen LogP contribution in [0.1, 0.15) is 25.8 Å². The summed E-state index contributed by atoms with van der Waals surface area (Å²) in [6, 6.07) is 8.55. The molecule has 1 aromatic carbocycles. The predicted molar refractivity (Wildman–Crippen MR) is 95.2 cm³/mol. The molecule has 0 saturated heterocycles. The Labute approximate surface area is 146 Å². The first-order chi connectivity index (χ1) is 12.0. The number of hydrogen-bond donors (Lipinski definition) is 1. The number of fused-ring (bicyclic) bond motifs is 5. The molecule has 0 amide bonds. The second kappa shape index (κ2) is 4.66. The van der Waals surface area contributed by atoms with Gasteiger partial charge in [0.1, 0.15) is 6.10 Å². The minimum absolute atomic E-state index is 0.109. The standard InChI is InChI=1S/C21H19NO3/c1-21(2)14-5-3-4-6-15(14)22-10-9-17-13(20(21)22)11-12-7-8-16(23)18(24)19(12)25-17/h3-8,11,17,24H,9-10H2,1-2H3. The molecular weight excluding hydrogens is 314 g/mol. The number of ketones is 1. The zero-order valence-electron chi connectivity index (χ0n) is 14.2. The summed E-state index contributed by atoms with van der Waals surface area (Å²) in [5.74, 6) is -0.355. The van der Waals surface area contributed by atoms with Crippen molar-refractivity contribution >= 4 is 11.5 Å². The van der Waals surface area contributed by atoms with Gasteiger partial charge in [-0.2, -0.15) is 0 Å². The van der Waals surface area contributed by atoms with E-state index < -0.39 is 5.78 Å². The summed E-state index contributed by atoms with van der Waals surface area (Å²) >= 11 is 0. The molecule has 1 N–H and O–H groups in total. The Hall–Kier alpha value is -2.75. The van der Waals surface area contributed by atoms with E-state index in [1.165, 1.54) is 23.0 Å². The number of para-hydroxylation sites is 1. The molecule has 0 saturated carbocycles. The van der Waals surface area contributed by atoms with Gasteiger partial charge >= 0.3 is 0 Å². The maximum atomic E-state index is 11.7. The van der Waals surface area contributed by atoms with Crippen molar-refractivity contribution in [3.8, 4) is 0 Å². The monoisotopic (exact) mass is 333 g/mol. The van der Waals surface area contributed by atoms with E-state index >= 15 is 0 Å². The number of ether oxygens (including phenoxy) is 1. The van der Waals surface area contributed by atoms with Crippen molar-refractivity contribution in [2.24, 2.45) is 0 Å². The Kier molecular flexibility index (Phi) is 2.72. The third-order valence-electron chi connectivity index (χ3n) is 5.66. The van der Waals surface area contributed by atoms with E-state index in [0.29, 0.717) is 5.76 Å². The van der Waals surface area contributed by atoms with Crippen LogP contribution in [0, 0.1) is 0 Å². The van der Waals surface area contributed by atoms with E-state index in [-0.39, 0.29) is 17.3 Å². The van der Waals surface area contributed by atoms with E-state index in [2.05, 4.69) is 49.1 Å². The Morgan fingerprint density at radius 1 is 1.24 bits per heavy atom. The van der Waals surface area contributed by atoms with Gasteiger partial charge in [-0.1, -0.05) is 32.0 Å². The molecule has 3 aliphatic heterocycles. The molecule has 1 atom stereocenters.